The lowest BCUT2D eigenvalue weighted by atomic mass is 10.1. The summed E-state index contributed by atoms with van der Waals surface area (Å²) in [5.41, 5.74) is -1.32. The zero-order valence-electron chi connectivity index (χ0n) is 20.7. The first kappa shape index (κ1) is 29.5. The standard InChI is InChI=1S/C20H34N5O8PS/c1-13(2)25(14(3)4)34(31-11-7-9-21)33-17-15(12-35(28,29)22-5)32-19(18(17)30-6)24-10-8-16(26)23-20(24)27/h8,10,13-15,17-19,22H,7,11-12H2,1-6H3,(H,23,26,27)/t15-,17-,18-,19-,34?/m1/s1. The molecule has 0 saturated carbocycles. The van der Waals surface area contributed by atoms with Crippen molar-refractivity contribution in [1.29, 1.82) is 5.26 Å². The maximum absolute atomic E-state index is 12.5. The van der Waals surface area contributed by atoms with Gasteiger partial charge in [0.15, 0.2) is 6.23 Å². The van der Waals surface area contributed by atoms with Gasteiger partial charge in [-0.1, -0.05) is 0 Å². The van der Waals surface area contributed by atoms with Crippen molar-refractivity contribution in [1.82, 2.24) is 18.9 Å². The number of ether oxygens (including phenoxy) is 2. The molecule has 0 amide bonds. The highest BCUT2D eigenvalue weighted by Gasteiger charge is 2.50. The molecule has 0 spiro atoms. The van der Waals surface area contributed by atoms with E-state index in [4.69, 9.17) is 23.8 Å². The molecule has 1 aliphatic heterocycles. The van der Waals surface area contributed by atoms with E-state index >= 15 is 0 Å². The van der Waals surface area contributed by atoms with E-state index in [1.807, 2.05) is 38.4 Å². The van der Waals surface area contributed by atoms with Crippen LogP contribution in [0, 0.1) is 11.3 Å². The third-order valence-electron chi connectivity index (χ3n) is 5.25. The number of hydrogen-bond donors (Lipinski definition) is 2. The van der Waals surface area contributed by atoms with Gasteiger partial charge >= 0.3 is 5.69 Å². The quantitative estimate of drug-likeness (QED) is 0.271. The number of aromatic amines is 1. The normalized spacial score (nSPS) is 23.8. The lowest BCUT2D eigenvalue weighted by molar-refractivity contribution is -0.0507. The molecular formula is C20H34N5O8PS. The van der Waals surface area contributed by atoms with Crippen LogP contribution in [0.15, 0.2) is 21.9 Å². The van der Waals surface area contributed by atoms with E-state index in [1.54, 1.807) is 0 Å². The van der Waals surface area contributed by atoms with Crippen LogP contribution in [0.2, 0.25) is 0 Å². The Labute approximate surface area is 206 Å². The zero-order chi connectivity index (χ0) is 26.3. The molecule has 1 unspecified atom stereocenters. The van der Waals surface area contributed by atoms with Crippen LogP contribution in [-0.2, 0) is 28.5 Å². The van der Waals surface area contributed by atoms with Crippen molar-refractivity contribution in [2.75, 3.05) is 26.5 Å². The van der Waals surface area contributed by atoms with Gasteiger partial charge in [-0.05, 0) is 34.7 Å². The molecule has 13 nitrogen and oxygen atoms in total. The molecule has 198 valence electrons. The Balaban J connectivity index is 2.50. The van der Waals surface area contributed by atoms with E-state index in [2.05, 4.69) is 9.71 Å². The highest BCUT2D eigenvalue weighted by Crippen LogP contribution is 2.50. The fraction of sp³-hybridized carbons (Fsp3) is 0.750. The SMILES string of the molecule is CNS(=O)(=O)C[C@H]1O[C@@H](n2ccc(=O)[nH]c2=O)[C@H](OC)[C@@H]1OP(OCCC#N)N(C(C)C)C(C)C. The van der Waals surface area contributed by atoms with Gasteiger partial charge in [0.25, 0.3) is 14.1 Å². The molecule has 2 rings (SSSR count). The predicted octanol–water partition coefficient (Wildman–Crippen LogP) is 0.659. The number of methoxy groups -OCH3 is 1. The molecule has 1 aliphatic rings. The van der Waals surface area contributed by atoms with Crippen LogP contribution >= 0.6 is 8.53 Å². The highest BCUT2D eigenvalue weighted by molar-refractivity contribution is 7.89. The average molecular weight is 536 g/mol. The van der Waals surface area contributed by atoms with Gasteiger partial charge in [-0.15, -0.1) is 0 Å². The molecule has 35 heavy (non-hydrogen) atoms. The Bertz CT molecular complexity index is 1080. The van der Waals surface area contributed by atoms with Gasteiger partial charge in [0.1, 0.15) is 18.3 Å². The number of nitrogens with zero attached hydrogens (tertiary/aromatic N) is 3. The van der Waals surface area contributed by atoms with Crippen LogP contribution < -0.4 is 16.0 Å². The molecule has 15 heteroatoms. The van der Waals surface area contributed by atoms with Crippen molar-refractivity contribution in [3.8, 4) is 6.07 Å². The Morgan fingerprint density at radius 2 is 1.94 bits per heavy atom. The summed E-state index contributed by atoms with van der Waals surface area (Å²) in [5, 5.41) is 8.96. The van der Waals surface area contributed by atoms with Crippen molar-refractivity contribution in [3.63, 3.8) is 0 Å². The minimum atomic E-state index is -3.75. The van der Waals surface area contributed by atoms with Crippen LogP contribution in [0.1, 0.15) is 40.3 Å². The number of nitrogens with one attached hydrogen (secondary N) is 2. The van der Waals surface area contributed by atoms with E-state index in [0.29, 0.717) is 0 Å². The van der Waals surface area contributed by atoms with Crippen LogP contribution in [0.5, 0.6) is 0 Å². The summed E-state index contributed by atoms with van der Waals surface area (Å²) >= 11 is 0. The van der Waals surface area contributed by atoms with E-state index in [1.165, 1.54) is 20.4 Å². The second kappa shape index (κ2) is 13.0. The summed E-state index contributed by atoms with van der Waals surface area (Å²) in [6.45, 7) is 7.99. The van der Waals surface area contributed by atoms with Crippen molar-refractivity contribution in [3.05, 3.63) is 33.1 Å². The van der Waals surface area contributed by atoms with Crippen molar-refractivity contribution < 1.29 is 26.9 Å². The number of nitriles is 1. The Hall–Kier alpha value is -1.69. The van der Waals surface area contributed by atoms with Gasteiger partial charge in [-0.25, -0.2) is 22.6 Å². The summed E-state index contributed by atoms with van der Waals surface area (Å²) in [5.74, 6) is -0.465. The van der Waals surface area contributed by atoms with Crippen LogP contribution in [0.25, 0.3) is 0 Å². The molecule has 1 aromatic heterocycles. The number of hydrogen-bond acceptors (Lipinski definition) is 10. The summed E-state index contributed by atoms with van der Waals surface area (Å²) in [4.78, 5) is 26.2. The molecule has 2 heterocycles. The molecule has 0 radical (unpaired) electrons. The second-order valence-corrected chi connectivity index (χ2v) is 11.8. The van der Waals surface area contributed by atoms with Crippen molar-refractivity contribution >= 4 is 18.5 Å². The number of sulfonamides is 1. The van der Waals surface area contributed by atoms with E-state index < -0.39 is 60.1 Å². The van der Waals surface area contributed by atoms with Gasteiger partial charge in [0.05, 0.1) is 24.8 Å². The number of aromatic nitrogens is 2. The number of H-pyrrole nitrogens is 1. The van der Waals surface area contributed by atoms with Crippen LogP contribution in [0.4, 0.5) is 0 Å². The fourth-order valence-corrected chi connectivity index (χ4v) is 6.41. The first-order valence-corrected chi connectivity index (χ1v) is 13.9. The molecular weight excluding hydrogens is 501 g/mol. The van der Waals surface area contributed by atoms with Crippen LogP contribution in [0.3, 0.4) is 0 Å². The lowest BCUT2D eigenvalue weighted by Crippen LogP contribution is -2.43. The largest absolute Gasteiger partial charge is 0.374 e. The van der Waals surface area contributed by atoms with Gasteiger partial charge in [-0.2, -0.15) is 5.26 Å². The van der Waals surface area contributed by atoms with E-state index in [0.717, 1.165) is 10.6 Å². The third kappa shape index (κ3) is 7.65. The minimum absolute atomic E-state index is 0.00335. The predicted molar refractivity (Wildman–Crippen MR) is 129 cm³/mol. The molecule has 2 N–H and O–H groups in total. The minimum Gasteiger partial charge on any atom is -0.374 e. The monoisotopic (exact) mass is 535 g/mol. The maximum atomic E-state index is 12.5. The molecule has 5 atom stereocenters. The van der Waals surface area contributed by atoms with Gasteiger partial charge in [0.2, 0.25) is 10.0 Å². The Kier molecular flexibility index (Phi) is 11.0. The summed E-state index contributed by atoms with van der Waals surface area (Å²) in [7, 11) is -2.83. The van der Waals surface area contributed by atoms with Crippen molar-refractivity contribution in [2.24, 2.45) is 0 Å². The molecule has 0 bridgehead atoms. The van der Waals surface area contributed by atoms with Crippen molar-refractivity contribution in [2.45, 2.75) is 70.7 Å². The third-order valence-corrected chi connectivity index (χ3v) is 8.77. The van der Waals surface area contributed by atoms with Crippen LogP contribution in [-0.4, -0.2) is 79.6 Å². The second-order valence-electron chi connectivity index (χ2n) is 8.39. The van der Waals surface area contributed by atoms with Gasteiger partial charge in [-0.3, -0.25) is 14.3 Å². The molecule has 0 aliphatic carbocycles. The summed E-state index contributed by atoms with van der Waals surface area (Å²) < 4.78 is 54.2. The average Bonchev–Trinajstić information content (AvgIpc) is 3.09. The summed E-state index contributed by atoms with van der Waals surface area (Å²) in [6, 6.07) is 3.19. The smallest absolute Gasteiger partial charge is 0.330 e. The highest BCUT2D eigenvalue weighted by atomic mass is 32.2. The maximum Gasteiger partial charge on any atom is 0.330 e. The Morgan fingerprint density at radius 1 is 1.29 bits per heavy atom. The lowest BCUT2D eigenvalue weighted by Gasteiger charge is -2.38. The molecule has 0 aromatic carbocycles. The molecule has 1 aromatic rings. The van der Waals surface area contributed by atoms with E-state index in [9.17, 15) is 18.0 Å². The van der Waals surface area contributed by atoms with Gasteiger partial charge in [0, 0.05) is 31.5 Å². The molecule has 1 fully saturated rings. The molecule has 1 saturated heterocycles. The first-order chi connectivity index (χ1) is 16.4. The van der Waals surface area contributed by atoms with Gasteiger partial charge < -0.3 is 18.5 Å². The topological polar surface area (TPSA) is 165 Å². The first-order valence-electron chi connectivity index (χ1n) is 11.1. The Morgan fingerprint density at radius 3 is 2.46 bits per heavy atom. The zero-order valence-corrected chi connectivity index (χ0v) is 22.4. The summed E-state index contributed by atoms with van der Waals surface area (Å²) in [6.07, 6.45) is -2.58. The fourth-order valence-electron chi connectivity index (χ4n) is 3.77. The van der Waals surface area contributed by atoms with E-state index in [-0.39, 0.29) is 25.1 Å². The number of rotatable bonds is 13.